The van der Waals surface area contributed by atoms with Gasteiger partial charge in [-0.25, -0.2) is 0 Å². The second-order valence-corrected chi connectivity index (χ2v) is 6.97. The molecule has 1 heterocycles. The molecule has 0 bridgehead atoms. The van der Waals surface area contributed by atoms with E-state index < -0.39 is 0 Å². The SMILES string of the molecule is CC1CCC(CO)(CN2CCCCC2CCO)CC1. The summed E-state index contributed by atoms with van der Waals surface area (Å²) in [7, 11) is 0. The van der Waals surface area contributed by atoms with E-state index in [0.29, 0.717) is 19.3 Å². The second kappa shape index (κ2) is 7.05. The quantitative estimate of drug-likeness (QED) is 0.805. The van der Waals surface area contributed by atoms with Crippen molar-refractivity contribution in [2.75, 3.05) is 26.3 Å². The first-order chi connectivity index (χ1) is 9.19. The van der Waals surface area contributed by atoms with Gasteiger partial charge in [0, 0.05) is 31.2 Å². The van der Waals surface area contributed by atoms with Crippen LogP contribution >= 0.6 is 0 Å². The average molecular weight is 269 g/mol. The summed E-state index contributed by atoms with van der Waals surface area (Å²) in [5.41, 5.74) is 0.136. The summed E-state index contributed by atoms with van der Waals surface area (Å²) in [6.45, 7) is 5.16. The minimum Gasteiger partial charge on any atom is -0.396 e. The van der Waals surface area contributed by atoms with Gasteiger partial charge in [0.1, 0.15) is 0 Å². The third-order valence-corrected chi connectivity index (χ3v) is 5.42. The normalized spacial score (nSPS) is 37.4. The van der Waals surface area contributed by atoms with E-state index in [-0.39, 0.29) is 5.41 Å². The molecule has 1 aliphatic heterocycles. The molecule has 112 valence electrons. The standard InChI is InChI=1S/C16H31NO2/c1-14-5-8-16(13-19,9-6-14)12-17-10-3-2-4-15(17)7-11-18/h14-15,18-19H,2-13H2,1H3. The zero-order valence-electron chi connectivity index (χ0n) is 12.5. The molecule has 1 saturated carbocycles. The van der Waals surface area contributed by atoms with E-state index in [1.165, 1.54) is 44.9 Å². The van der Waals surface area contributed by atoms with Crippen LogP contribution < -0.4 is 0 Å². The number of aliphatic hydroxyl groups excluding tert-OH is 2. The third kappa shape index (κ3) is 3.93. The van der Waals surface area contributed by atoms with Crippen molar-refractivity contribution in [3.05, 3.63) is 0 Å². The van der Waals surface area contributed by atoms with E-state index in [1.807, 2.05) is 0 Å². The fourth-order valence-corrected chi connectivity index (χ4v) is 3.92. The zero-order valence-corrected chi connectivity index (χ0v) is 12.5. The molecule has 1 saturated heterocycles. The van der Waals surface area contributed by atoms with Crippen LogP contribution in [-0.4, -0.2) is 47.5 Å². The van der Waals surface area contributed by atoms with E-state index in [2.05, 4.69) is 11.8 Å². The fourth-order valence-electron chi connectivity index (χ4n) is 3.92. The summed E-state index contributed by atoms with van der Waals surface area (Å²) in [5, 5.41) is 19.1. The molecule has 2 fully saturated rings. The van der Waals surface area contributed by atoms with E-state index in [0.717, 1.165) is 25.4 Å². The van der Waals surface area contributed by atoms with Gasteiger partial charge in [-0.05, 0) is 44.6 Å². The molecule has 0 aromatic heterocycles. The molecule has 2 aliphatic rings. The third-order valence-electron chi connectivity index (χ3n) is 5.42. The minimum absolute atomic E-state index is 0.136. The molecule has 0 aromatic rings. The lowest BCUT2D eigenvalue weighted by atomic mass is 9.70. The number of rotatable bonds is 5. The van der Waals surface area contributed by atoms with E-state index in [4.69, 9.17) is 0 Å². The number of piperidine rings is 1. The van der Waals surface area contributed by atoms with E-state index >= 15 is 0 Å². The van der Waals surface area contributed by atoms with Gasteiger partial charge in [0.15, 0.2) is 0 Å². The molecule has 1 aliphatic carbocycles. The molecule has 1 atom stereocenters. The first-order valence-corrected chi connectivity index (χ1v) is 8.15. The molecule has 19 heavy (non-hydrogen) atoms. The van der Waals surface area contributed by atoms with Gasteiger partial charge in [-0.1, -0.05) is 26.2 Å². The summed E-state index contributed by atoms with van der Waals surface area (Å²) < 4.78 is 0. The summed E-state index contributed by atoms with van der Waals surface area (Å²) in [4.78, 5) is 2.56. The Morgan fingerprint density at radius 3 is 2.47 bits per heavy atom. The van der Waals surface area contributed by atoms with Crippen LogP contribution in [0.2, 0.25) is 0 Å². The van der Waals surface area contributed by atoms with Gasteiger partial charge in [-0.15, -0.1) is 0 Å². The minimum atomic E-state index is 0.136. The van der Waals surface area contributed by atoms with Crippen molar-refractivity contribution in [3.63, 3.8) is 0 Å². The van der Waals surface area contributed by atoms with Gasteiger partial charge in [0.25, 0.3) is 0 Å². The number of likely N-dealkylation sites (tertiary alicyclic amines) is 1. The lowest BCUT2D eigenvalue weighted by molar-refractivity contribution is 0.00133. The Balaban J connectivity index is 1.95. The molecule has 1 unspecified atom stereocenters. The smallest absolute Gasteiger partial charge is 0.0499 e. The van der Waals surface area contributed by atoms with Gasteiger partial charge >= 0.3 is 0 Å². The van der Waals surface area contributed by atoms with Gasteiger partial charge < -0.3 is 10.2 Å². The Kier molecular flexibility index (Phi) is 5.67. The lowest BCUT2D eigenvalue weighted by Crippen LogP contribution is -2.48. The van der Waals surface area contributed by atoms with Crippen LogP contribution in [0.15, 0.2) is 0 Å². The maximum absolute atomic E-state index is 9.90. The van der Waals surface area contributed by atoms with Crippen LogP contribution in [0, 0.1) is 11.3 Å². The fraction of sp³-hybridized carbons (Fsp3) is 1.00. The Morgan fingerprint density at radius 1 is 1.11 bits per heavy atom. The van der Waals surface area contributed by atoms with Crippen LogP contribution in [0.5, 0.6) is 0 Å². The van der Waals surface area contributed by atoms with E-state index in [1.54, 1.807) is 0 Å². The summed E-state index contributed by atoms with van der Waals surface area (Å²) in [5.74, 6) is 0.828. The van der Waals surface area contributed by atoms with E-state index in [9.17, 15) is 10.2 Å². The highest BCUT2D eigenvalue weighted by Gasteiger charge is 2.37. The van der Waals surface area contributed by atoms with Crippen molar-refractivity contribution in [2.45, 2.75) is 64.3 Å². The summed E-state index contributed by atoms with van der Waals surface area (Å²) >= 11 is 0. The van der Waals surface area contributed by atoms with Crippen LogP contribution in [-0.2, 0) is 0 Å². The van der Waals surface area contributed by atoms with Crippen molar-refractivity contribution in [2.24, 2.45) is 11.3 Å². The van der Waals surface area contributed by atoms with Crippen LogP contribution in [0.4, 0.5) is 0 Å². The van der Waals surface area contributed by atoms with Gasteiger partial charge in [0.2, 0.25) is 0 Å². The van der Waals surface area contributed by atoms with Crippen LogP contribution in [0.3, 0.4) is 0 Å². The molecule has 0 spiro atoms. The lowest BCUT2D eigenvalue weighted by Gasteiger charge is -2.45. The molecule has 2 N–H and O–H groups in total. The number of hydrogen-bond acceptors (Lipinski definition) is 3. The van der Waals surface area contributed by atoms with Crippen molar-refractivity contribution >= 4 is 0 Å². The first-order valence-electron chi connectivity index (χ1n) is 8.15. The van der Waals surface area contributed by atoms with Crippen molar-refractivity contribution in [1.29, 1.82) is 0 Å². The average Bonchev–Trinajstić information content (AvgIpc) is 2.44. The first kappa shape index (κ1) is 15.3. The number of aliphatic hydroxyl groups is 2. The van der Waals surface area contributed by atoms with Gasteiger partial charge in [-0.2, -0.15) is 0 Å². The zero-order chi connectivity index (χ0) is 13.7. The summed E-state index contributed by atoms with van der Waals surface area (Å²) in [6, 6.07) is 0.543. The number of nitrogens with zero attached hydrogens (tertiary/aromatic N) is 1. The number of hydrogen-bond donors (Lipinski definition) is 2. The topological polar surface area (TPSA) is 43.7 Å². The predicted octanol–water partition coefficient (Wildman–Crippen LogP) is 2.41. The Hall–Kier alpha value is -0.120. The predicted molar refractivity (Wildman–Crippen MR) is 78.1 cm³/mol. The van der Waals surface area contributed by atoms with Gasteiger partial charge in [-0.3, -0.25) is 4.90 Å². The van der Waals surface area contributed by atoms with Crippen molar-refractivity contribution in [1.82, 2.24) is 4.90 Å². The monoisotopic (exact) mass is 269 g/mol. The molecule has 2 rings (SSSR count). The van der Waals surface area contributed by atoms with Crippen molar-refractivity contribution in [3.8, 4) is 0 Å². The highest BCUT2D eigenvalue weighted by molar-refractivity contribution is 4.90. The van der Waals surface area contributed by atoms with Gasteiger partial charge in [0.05, 0.1) is 0 Å². The Morgan fingerprint density at radius 2 is 1.84 bits per heavy atom. The molecule has 0 aromatic carbocycles. The summed E-state index contributed by atoms with van der Waals surface area (Å²) in [6.07, 6.45) is 9.57. The Bertz CT molecular complexity index is 259. The molecular weight excluding hydrogens is 238 g/mol. The molecular formula is C16H31NO2. The van der Waals surface area contributed by atoms with Crippen LogP contribution in [0.25, 0.3) is 0 Å². The largest absolute Gasteiger partial charge is 0.396 e. The van der Waals surface area contributed by atoms with Crippen molar-refractivity contribution < 1.29 is 10.2 Å². The highest BCUT2D eigenvalue weighted by atomic mass is 16.3. The van der Waals surface area contributed by atoms with Crippen LogP contribution in [0.1, 0.15) is 58.3 Å². The maximum atomic E-state index is 9.90. The Labute approximate surface area is 118 Å². The molecule has 0 amide bonds. The molecule has 3 nitrogen and oxygen atoms in total. The molecule has 0 radical (unpaired) electrons. The maximum Gasteiger partial charge on any atom is 0.0499 e. The second-order valence-electron chi connectivity index (χ2n) is 6.97. The highest BCUT2D eigenvalue weighted by Crippen LogP contribution is 2.40. The molecule has 3 heteroatoms.